The van der Waals surface area contributed by atoms with Crippen molar-refractivity contribution in [2.24, 2.45) is 0 Å². The van der Waals surface area contributed by atoms with Crippen LogP contribution < -0.4 is 5.32 Å². The van der Waals surface area contributed by atoms with E-state index in [-0.39, 0.29) is 12.6 Å². The van der Waals surface area contributed by atoms with Crippen LogP contribution in [-0.2, 0) is 0 Å². The van der Waals surface area contributed by atoms with Crippen molar-refractivity contribution in [3.8, 4) is 0 Å². The Kier molecular flexibility index (Phi) is 4.88. The van der Waals surface area contributed by atoms with E-state index in [1.54, 1.807) is 11.8 Å². The molecular weight excluding hydrogens is 254 g/mol. The first-order valence-electron chi connectivity index (χ1n) is 6.31. The maximum absolute atomic E-state index is 9.57. The zero-order valence-electron chi connectivity index (χ0n) is 11.3. The molecule has 2 nitrogen and oxygen atoms in total. The van der Waals surface area contributed by atoms with Gasteiger partial charge in [0.1, 0.15) is 0 Å². The van der Waals surface area contributed by atoms with Gasteiger partial charge in [0, 0.05) is 10.6 Å². The zero-order valence-corrected chi connectivity index (χ0v) is 12.1. The second kappa shape index (κ2) is 6.64. The lowest BCUT2D eigenvalue weighted by molar-refractivity contribution is 0.276. The number of hydrogen-bond donors (Lipinski definition) is 2. The average Bonchev–Trinajstić information content (AvgIpc) is 2.45. The fraction of sp³-hybridized carbons (Fsp3) is 0.250. The van der Waals surface area contributed by atoms with Crippen LogP contribution in [0.4, 0.5) is 5.69 Å². The topological polar surface area (TPSA) is 32.3 Å². The molecule has 2 N–H and O–H groups in total. The Bertz CT molecular complexity index is 525. The summed E-state index contributed by atoms with van der Waals surface area (Å²) in [7, 11) is 0. The summed E-state index contributed by atoms with van der Waals surface area (Å²) >= 11 is 1.72. The number of aliphatic hydroxyl groups is 1. The Morgan fingerprint density at radius 3 is 2.47 bits per heavy atom. The molecule has 0 amide bonds. The van der Waals surface area contributed by atoms with E-state index in [1.165, 1.54) is 10.5 Å². The van der Waals surface area contributed by atoms with Gasteiger partial charge < -0.3 is 10.4 Å². The lowest BCUT2D eigenvalue weighted by atomic mass is 10.1. The first kappa shape index (κ1) is 14.0. The van der Waals surface area contributed by atoms with E-state index in [4.69, 9.17) is 0 Å². The number of hydrogen-bond acceptors (Lipinski definition) is 3. The summed E-state index contributed by atoms with van der Waals surface area (Å²) in [5, 5.41) is 12.9. The Morgan fingerprint density at radius 2 is 1.89 bits per heavy atom. The van der Waals surface area contributed by atoms with Crippen molar-refractivity contribution in [2.75, 3.05) is 18.2 Å². The number of aryl methyl sites for hydroxylation is 1. The minimum atomic E-state index is -0.0716. The van der Waals surface area contributed by atoms with E-state index in [2.05, 4.69) is 54.9 Å². The fourth-order valence-electron chi connectivity index (χ4n) is 2.01. The highest BCUT2D eigenvalue weighted by Crippen LogP contribution is 2.22. The number of thioether (sulfide) groups is 1. The monoisotopic (exact) mass is 273 g/mol. The highest BCUT2D eigenvalue weighted by atomic mass is 32.2. The molecule has 0 radical (unpaired) electrons. The van der Waals surface area contributed by atoms with E-state index in [1.807, 2.05) is 12.1 Å². The molecule has 0 spiro atoms. The van der Waals surface area contributed by atoms with Crippen LogP contribution in [0.3, 0.4) is 0 Å². The molecule has 100 valence electrons. The van der Waals surface area contributed by atoms with E-state index >= 15 is 0 Å². The minimum Gasteiger partial charge on any atom is -0.394 e. The lowest BCUT2D eigenvalue weighted by Gasteiger charge is -2.18. The molecule has 0 saturated carbocycles. The summed E-state index contributed by atoms with van der Waals surface area (Å²) in [6, 6.07) is 16.4. The molecule has 0 fully saturated rings. The van der Waals surface area contributed by atoms with Gasteiger partial charge in [0.25, 0.3) is 0 Å². The number of nitrogens with one attached hydrogen (secondary N) is 1. The van der Waals surface area contributed by atoms with Crippen molar-refractivity contribution >= 4 is 17.4 Å². The van der Waals surface area contributed by atoms with Crippen molar-refractivity contribution in [3.05, 3.63) is 59.7 Å². The number of rotatable bonds is 5. The molecule has 0 aliphatic carbocycles. The van der Waals surface area contributed by atoms with E-state index in [9.17, 15) is 5.11 Å². The predicted octanol–water partition coefficient (Wildman–Crippen LogP) is 3.86. The lowest BCUT2D eigenvalue weighted by Crippen LogP contribution is -2.14. The zero-order chi connectivity index (χ0) is 13.7. The van der Waals surface area contributed by atoms with Crippen LogP contribution in [0.25, 0.3) is 0 Å². The summed E-state index contributed by atoms with van der Waals surface area (Å²) in [4.78, 5) is 1.23. The fourth-order valence-corrected chi connectivity index (χ4v) is 2.41. The molecule has 0 aromatic heterocycles. The molecule has 1 atom stereocenters. The van der Waals surface area contributed by atoms with Gasteiger partial charge in [-0.1, -0.05) is 24.3 Å². The molecule has 0 saturated heterocycles. The van der Waals surface area contributed by atoms with Gasteiger partial charge in [0.2, 0.25) is 0 Å². The third-order valence-corrected chi connectivity index (χ3v) is 3.80. The molecule has 0 aliphatic heterocycles. The normalized spacial score (nSPS) is 12.2. The van der Waals surface area contributed by atoms with Gasteiger partial charge >= 0.3 is 0 Å². The third-order valence-electron chi connectivity index (χ3n) is 3.06. The molecule has 1 unspecified atom stereocenters. The largest absolute Gasteiger partial charge is 0.394 e. The van der Waals surface area contributed by atoms with Crippen LogP contribution >= 0.6 is 11.8 Å². The second-order valence-electron chi connectivity index (χ2n) is 4.52. The maximum Gasteiger partial charge on any atom is 0.0745 e. The van der Waals surface area contributed by atoms with Gasteiger partial charge in [0.15, 0.2) is 0 Å². The van der Waals surface area contributed by atoms with Crippen LogP contribution in [0, 0.1) is 6.92 Å². The SMILES string of the molecule is CSc1ccc(C(CO)Nc2cccc(C)c2)cc1. The smallest absolute Gasteiger partial charge is 0.0745 e. The van der Waals surface area contributed by atoms with Crippen molar-refractivity contribution in [1.29, 1.82) is 0 Å². The third kappa shape index (κ3) is 3.75. The van der Waals surface area contributed by atoms with Crippen LogP contribution in [0.15, 0.2) is 53.4 Å². The predicted molar refractivity (Wildman–Crippen MR) is 82.9 cm³/mol. The maximum atomic E-state index is 9.57. The highest BCUT2D eigenvalue weighted by Gasteiger charge is 2.10. The highest BCUT2D eigenvalue weighted by molar-refractivity contribution is 7.98. The minimum absolute atomic E-state index is 0.0716. The van der Waals surface area contributed by atoms with Gasteiger partial charge in [0.05, 0.1) is 12.6 Å². The van der Waals surface area contributed by atoms with Gasteiger partial charge in [-0.05, 0) is 48.6 Å². The molecule has 3 heteroatoms. The molecule has 19 heavy (non-hydrogen) atoms. The van der Waals surface area contributed by atoms with Gasteiger partial charge in [-0.2, -0.15) is 0 Å². The number of benzene rings is 2. The Labute approximate surface area is 118 Å². The summed E-state index contributed by atoms with van der Waals surface area (Å²) in [5.74, 6) is 0. The van der Waals surface area contributed by atoms with Gasteiger partial charge in [-0.15, -0.1) is 11.8 Å². The van der Waals surface area contributed by atoms with Crippen molar-refractivity contribution < 1.29 is 5.11 Å². The molecule has 0 aliphatic rings. The van der Waals surface area contributed by atoms with E-state index < -0.39 is 0 Å². The Hall–Kier alpha value is -1.45. The van der Waals surface area contributed by atoms with Crippen molar-refractivity contribution in [1.82, 2.24) is 0 Å². The molecule has 0 bridgehead atoms. The van der Waals surface area contributed by atoms with Crippen LogP contribution in [0.1, 0.15) is 17.2 Å². The molecule has 2 aromatic rings. The number of anilines is 1. The first-order chi connectivity index (χ1) is 9.22. The van der Waals surface area contributed by atoms with E-state index in [0.717, 1.165) is 11.3 Å². The molecule has 0 heterocycles. The standard InChI is InChI=1S/C16H19NOS/c1-12-4-3-5-14(10-12)17-16(11-18)13-6-8-15(19-2)9-7-13/h3-10,16-18H,11H2,1-2H3. The number of aliphatic hydroxyl groups excluding tert-OH is 1. The Morgan fingerprint density at radius 1 is 1.16 bits per heavy atom. The first-order valence-corrected chi connectivity index (χ1v) is 7.53. The van der Waals surface area contributed by atoms with Gasteiger partial charge in [-0.25, -0.2) is 0 Å². The molecular formula is C16H19NOS. The summed E-state index contributed by atoms with van der Waals surface area (Å²) in [6.07, 6.45) is 2.06. The average molecular weight is 273 g/mol. The van der Waals surface area contributed by atoms with Crippen molar-refractivity contribution in [3.63, 3.8) is 0 Å². The molecule has 2 aromatic carbocycles. The van der Waals surface area contributed by atoms with E-state index in [0.29, 0.717) is 0 Å². The van der Waals surface area contributed by atoms with Crippen LogP contribution in [0.2, 0.25) is 0 Å². The summed E-state index contributed by atoms with van der Waals surface area (Å²) in [6.45, 7) is 2.14. The van der Waals surface area contributed by atoms with Crippen LogP contribution in [0.5, 0.6) is 0 Å². The molecule has 2 rings (SSSR count). The van der Waals surface area contributed by atoms with Crippen LogP contribution in [-0.4, -0.2) is 18.0 Å². The summed E-state index contributed by atoms with van der Waals surface area (Å²) < 4.78 is 0. The van der Waals surface area contributed by atoms with Gasteiger partial charge in [-0.3, -0.25) is 0 Å². The van der Waals surface area contributed by atoms with Crippen molar-refractivity contribution in [2.45, 2.75) is 17.9 Å². The Balaban J connectivity index is 2.15. The quantitative estimate of drug-likeness (QED) is 0.811. The summed E-state index contributed by atoms with van der Waals surface area (Å²) in [5.41, 5.74) is 3.34. The second-order valence-corrected chi connectivity index (χ2v) is 5.40.